The fraction of sp³-hybridized carbons (Fsp3) is 0.200. The summed E-state index contributed by atoms with van der Waals surface area (Å²) in [6, 6.07) is 6.11. The lowest BCUT2D eigenvalue weighted by Gasteiger charge is -2.12. The number of benzene rings is 2. The summed E-state index contributed by atoms with van der Waals surface area (Å²) in [7, 11) is 0. The van der Waals surface area contributed by atoms with E-state index in [4.69, 9.17) is 5.73 Å². The molecule has 1 unspecified atom stereocenters. The number of hydrogen-bond acceptors (Lipinski definition) is 1. The number of nitrogens with two attached hydrogens (primary N) is 1. The summed E-state index contributed by atoms with van der Waals surface area (Å²) in [5.41, 5.74) is 6.51. The first kappa shape index (κ1) is 14.5. The Balaban J connectivity index is 2.06. The summed E-state index contributed by atoms with van der Waals surface area (Å²) in [5.74, 6) is -2.96. The fourth-order valence-electron chi connectivity index (χ4n) is 2.02. The number of halogens is 4. The first-order valence-electron chi connectivity index (χ1n) is 6.09. The average molecular weight is 283 g/mol. The zero-order chi connectivity index (χ0) is 14.7. The topological polar surface area (TPSA) is 26.0 Å². The van der Waals surface area contributed by atoms with Crippen LogP contribution in [0.4, 0.5) is 17.6 Å². The molecule has 2 aromatic carbocycles. The third-order valence-corrected chi connectivity index (χ3v) is 2.97. The SMILES string of the molecule is NC(Cc1ccc(F)c(F)c1)Cc1cc(F)ccc1F. The average Bonchev–Trinajstić information content (AvgIpc) is 2.38. The Morgan fingerprint density at radius 2 is 1.50 bits per heavy atom. The second-order valence-electron chi connectivity index (χ2n) is 4.65. The van der Waals surface area contributed by atoms with Crippen LogP contribution in [0.3, 0.4) is 0 Å². The van der Waals surface area contributed by atoms with E-state index in [9.17, 15) is 17.6 Å². The minimum atomic E-state index is -0.952. The molecule has 0 saturated heterocycles. The van der Waals surface area contributed by atoms with Gasteiger partial charge < -0.3 is 5.73 Å². The molecule has 0 radical (unpaired) electrons. The monoisotopic (exact) mass is 283 g/mol. The van der Waals surface area contributed by atoms with E-state index in [1.807, 2.05) is 0 Å². The molecular formula is C15H13F4N. The molecule has 0 heterocycles. The molecule has 2 aromatic rings. The molecule has 0 bridgehead atoms. The van der Waals surface area contributed by atoms with E-state index < -0.39 is 29.3 Å². The summed E-state index contributed by atoms with van der Waals surface area (Å²) in [6.45, 7) is 0. The lowest BCUT2D eigenvalue weighted by Crippen LogP contribution is -2.26. The Hall–Kier alpha value is -1.88. The highest BCUT2D eigenvalue weighted by molar-refractivity contribution is 5.22. The van der Waals surface area contributed by atoms with Crippen molar-refractivity contribution in [2.45, 2.75) is 18.9 Å². The summed E-state index contributed by atoms with van der Waals surface area (Å²) >= 11 is 0. The maximum absolute atomic E-state index is 13.5. The van der Waals surface area contributed by atoms with Crippen LogP contribution < -0.4 is 5.73 Å². The molecule has 0 aliphatic rings. The Morgan fingerprint density at radius 1 is 0.800 bits per heavy atom. The van der Waals surface area contributed by atoms with Gasteiger partial charge in [0, 0.05) is 6.04 Å². The molecule has 2 N–H and O–H groups in total. The van der Waals surface area contributed by atoms with Crippen molar-refractivity contribution < 1.29 is 17.6 Å². The smallest absolute Gasteiger partial charge is 0.159 e. The predicted octanol–water partition coefficient (Wildman–Crippen LogP) is 3.36. The van der Waals surface area contributed by atoms with Gasteiger partial charge in [0.2, 0.25) is 0 Å². The van der Waals surface area contributed by atoms with Gasteiger partial charge in [0.25, 0.3) is 0 Å². The molecule has 1 nitrogen and oxygen atoms in total. The van der Waals surface area contributed by atoms with Crippen molar-refractivity contribution >= 4 is 0 Å². The fourth-order valence-corrected chi connectivity index (χ4v) is 2.02. The summed E-state index contributed by atoms with van der Waals surface area (Å²) < 4.78 is 52.3. The molecular weight excluding hydrogens is 270 g/mol. The van der Waals surface area contributed by atoms with Gasteiger partial charge in [0.05, 0.1) is 0 Å². The van der Waals surface area contributed by atoms with Crippen LogP contribution in [-0.4, -0.2) is 6.04 Å². The highest BCUT2D eigenvalue weighted by Gasteiger charge is 2.11. The molecule has 0 spiro atoms. The molecule has 0 amide bonds. The van der Waals surface area contributed by atoms with Crippen LogP contribution >= 0.6 is 0 Å². The van der Waals surface area contributed by atoms with Gasteiger partial charge in [-0.1, -0.05) is 6.07 Å². The van der Waals surface area contributed by atoms with Gasteiger partial charge in [0.1, 0.15) is 11.6 Å². The molecule has 5 heteroatoms. The van der Waals surface area contributed by atoms with Gasteiger partial charge in [-0.25, -0.2) is 17.6 Å². The van der Waals surface area contributed by atoms with Gasteiger partial charge in [0.15, 0.2) is 11.6 Å². The van der Waals surface area contributed by atoms with Gasteiger partial charge in [-0.2, -0.15) is 0 Å². The lowest BCUT2D eigenvalue weighted by atomic mass is 9.99. The van der Waals surface area contributed by atoms with Crippen LogP contribution in [0.2, 0.25) is 0 Å². The first-order valence-corrected chi connectivity index (χ1v) is 6.09. The van der Waals surface area contributed by atoms with E-state index in [1.165, 1.54) is 6.07 Å². The molecule has 1 atom stereocenters. The zero-order valence-corrected chi connectivity index (χ0v) is 10.5. The van der Waals surface area contributed by atoms with E-state index in [0.717, 1.165) is 30.3 Å². The van der Waals surface area contributed by atoms with E-state index in [0.29, 0.717) is 5.56 Å². The maximum Gasteiger partial charge on any atom is 0.159 e. The van der Waals surface area contributed by atoms with Crippen LogP contribution in [0.1, 0.15) is 11.1 Å². The van der Waals surface area contributed by atoms with Crippen molar-refractivity contribution in [2.24, 2.45) is 5.73 Å². The van der Waals surface area contributed by atoms with E-state index >= 15 is 0 Å². The minimum Gasteiger partial charge on any atom is -0.327 e. The number of rotatable bonds is 4. The molecule has 20 heavy (non-hydrogen) atoms. The van der Waals surface area contributed by atoms with Crippen LogP contribution in [0.5, 0.6) is 0 Å². The zero-order valence-electron chi connectivity index (χ0n) is 10.5. The minimum absolute atomic E-state index is 0.114. The maximum atomic E-state index is 13.5. The Kier molecular flexibility index (Phi) is 4.39. The van der Waals surface area contributed by atoms with Crippen molar-refractivity contribution in [3.05, 3.63) is 70.8 Å². The Labute approximate surface area is 114 Å². The third kappa shape index (κ3) is 3.57. The second kappa shape index (κ2) is 6.05. The quantitative estimate of drug-likeness (QED) is 0.856. The van der Waals surface area contributed by atoms with Crippen molar-refractivity contribution in [3.63, 3.8) is 0 Å². The lowest BCUT2D eigenvalue weighted by molar-refractivity contribution is 0.505. The van der Waals surface area contributed by atoms with Crippen molar-refractivity contribution in [3.8, 4) is 0 Å². The molecule has 106 valence electrons. The second-order valence-corrected chi connectivity index (χ2v) is 4.65. The highest BCUT2D eigenvalue weighted by atomic mass is 19.2. The first-order chi connectivity index (χ1) is 9.45. The molecule has 0 saturated carbocycles. The van der Waals surface area contributed by atoms with Crippen molar-refractivity contribution in [1.82, 2.24) is 0 Å². The summed E-state index contributed by atoms with van der Waals surface area (Å²) in [5, 5.41) is 0. The van der Waals surface area contributed by atoms with E-state index in [-0.39, 0.29) is 18.4 Å². The van der Waals surface area contributed by atoms with Crippen molar-refractivity contribution in [1.29, 1.82) is 0 Å². The Bertz CT molecular complexity index is 613. The van der Waals surface area contributed by atoms with Gasteiger partial charge in [-0.3, -0.25) is 0 Å². The third-order valence-electron chi connectivity index (χ3n) is 2.97. The largest absolute Gasteiger partial charge is 0.327 e. The van der Waals surface area contributed by atoms with Gasteiger partial charge in [-0.15, -0.1) is 0 Å². The summed E-state index contributed by atoms with van der Waals surface area (Å²) in [6.07, 6.45) is 0.357. The molecule has 0 fully saturated rings. The van der Waals surface area contributed by atoms with Crippen LogP contribution in [0, 0.1) is 23.3 Å². The predicted molar refractivity (Wildman–Crippen MR) is 68.1 cm³/mol. The van der Waals surface area contributed by atoms with E-state index in [1.54, 1.807) is 0 Å². The van der Waals surface area contributed by atoms with Gasteiger partial charge >= 0.3 is 0 Å². The standard InChI is InChI=1S/C15H13F4N/c16-11-2-4-13(17)10(7-11)8-12(20)5-9-1-3-14(18)15(19)6-9/h1-4,6-7,12H,5,8,20H2. The molecule has 0 aliphatic heterocycles. The van der Waals surface area contributed by atoms with Gasteiger partial charge in [-0.05, 0) is 54.3 Å². The highest BCUT2D eigenvalue weighted by Crippen LogP contribution is 2.15. The summed E-state index contributed by atoms with van der Waals surface area (Å²) in [4.78, 5) is 0. The molecule has 0 aliphatic carbocycles. The Morgan fingerprint density at radius 3 is 2.20 bits per heavy atom. The molecule has 2 rings (SSSR count). The van der Waals surface area contributed by atoms with Crippen LogP contribution in [-0.2, 0) is 12.8 Å². The van der Waals surface area contributed by atoms with E-state index in [2.05, 4.69) is 0 Å². The normalized spacial score (nSPS) is 12.4. The number of hydrogen-bond donors (Lipinski definition) is 1. The van der Waals surface area contributed by atoms with Crippen molar-refractivity contribution in [2.75, 3.05) is 0 Å². The molecule has 0 aromatic heterocycles. The van der Waals surface area contributed by atoms with Crippen LogP contribution in [0.25, 0.3) is 0 Å². The van der Waals surface area contributed by atoms with Crippen LogP contribution in [0.15, 0.2) is 36.4 Å².